The summed E-state index contributed by atoms with van der Waals surface area (Å²) in [5.74, 6) is 0.457. The van der Waals surface area contributed by atoms with Crippen molar-refractivity contribution in [2.75, 3.05) is 5.32 Å². The lowest BCUT2D eigenvalue weighted by atomic mass is 10.2. The van der Waals surface area contributed by atoms with Crippen molar-refractivity contribution in [3.05, 3.63) is 72.6 Å². The summed E-state index contributed by atoms with van der Waals surface area (Å²) in [6, 6.07) is 13.7. The van der Waals surface area contributed by atoms with Gasteiger partial charge in [0.05, 0.1) is 17.2 Å². The number of benzene rings is 1. The van der Waals surface area contributed by atoms with Crippen LogP contribution in [-0.2, 0) is 9.84 Å². The van der Waals surface area contributed by atoms with Gasteiger partial charge in [-0.1, -0.05) is 12.1 Å². The second-order valence-corrected chi connectivity index (χ2v) is 8.10. The Morgan fingerprint density at radius 3 is 2.50 bits per heavy atom. The Hall–Kier alpha value is -3.26. The summed E-state index contributed by atoms with van der Waals surface area (Å²) in [6.45, 7) is 3.81. The summed E-state index contributed by atoms with van der Waals surface area (Å²) in [7, 11) is -3.81. The van der Waals surface area contributed by atoms with E-state index < -0.39 is 15.7 Å². The van der Waals surface area contributed by atoms with Crippen LogP contribution in [0.3, 0.4) is 0 Å². The predicted octanol–water partition coefficient (Wildman–Crippen LogP) is 3.35. The van der Waals surface area contributed by atoms with Crippen molar-refractivity contribution in [1.82, 2.24) is 9.97 Å². The fraction of sp³-hybridized carbons (Fsp3) is 0.150. The molecule has 3 aromatic rings. The molecule has 144 valence electrons. The number of aromatic nitrogens is 2. The number of amides is 1. The molecule has 1 amide bonds. The molecule has 28 heavy (non-hydrogen) atoms. The van der Waals surface area contributed by atoms with E-state index in [9.17, 15) is 13.2 Å². The third kappa shape index (κ3) is 4.52. The topological polar surface area (TPSA) is 98.2 Å². The van der Waals surface area contributed by atoms with Crippen LogP contribution in [0.2, 0.25) is 0 Å². The number of pyridine rings is 2. The summed E-state index contributed by atoms with van der Waals surface area (Å²) in [5, 5.41) is 2.57. The number of carbonyl (C=O) groups excluding carboxylic acids is 1. The molecule has 0 atom stereocenters. The van der Waals surface area contributed by atoms with Gasteiger partial charge in [0.2, 0.25) is 9.84 Å². The first-order valence-electron chi connectivity index (χ1n) is 8.56. The summed E-state index contributed by atoms with van der Waals surface area (Å²) >= 11 is 0. The second kappa shape index (κ2) is 8.18. The Kier molecular flexibility index (Phi) is 5.70. The van der Waals surface area contributed by atoms with E-state index >= 15 is 0 Å². The number of ether oxygens (including phenoxy) is 1. The van der Waals surface area contributed by atoms with Crippen LogP contribution < -0.4 is 10.1 Å². The lowest BCUT2D eigenvalue weighted by Gasteiger charge is -2.10. The molecule has 0 spiro atoms. The molecule has 1 aromatic carbocycles. The van der Waals surface area contributed by atoms with Crippen LogP contribution in [0, 0.1) is 0 Å². The van der Waals surface area contributed by atoms with E-state index in [-0.39, 0.29) is 21.6 Å². The molecule has 0 aliphatic carbocycles. The minimum Gasteiger partial charge on any atom is -0.489 e. The van der Waals surface area contributed by atoms with Gasteiger partial charge in [-0.2, -0.15) is 0 Å². The summed E-state index contributed by atoms with van der Waals surface area (Å²) in [6.07, 6.45) is 2.94. The maximum Gasteiger partial charge on any atom is 0.256 e. The van der Waals surface area contributed by atoms with Crippen molar-refractivity contribution in [2.24, 2.45) is 0 Å². The van der Waals surface area contributed by atoms with Crippen molar-refractivity contribution in [3.63, 3.8) is 0 Å². The Morgan fingerprint density at radius 2 is 1.86 bits per heavy atom. The molecule has 0 aliphatic rings. The first-order chi connectivity index (χ1) is 13.4. The number of nitrogens with one attached hydrogen (secondary N) is 1. The predicted molar refractivity (Wildman–Crippen MR) is 104 cm³/mol. The smallest absolute Gasteiger partial charge is 0.256 e. The van der Waals surface area contributed by atoms with E-state index in [1.54, 1.807) is 24.3 Å². The van der Waals surface area contributed by atoms with Gasteiger partial charge in [0.25, 0.3) is 5.91 Å². The SMILES string of the molecule is CC(C)Oc1ccc(NC(=O)c2cccc(S(=O)(=O)c3ccccn3)c2)nc1. The van der Waals surface area contributed by atoms with Gasteiger partial charge in [0.15, 0.2) is 5.03 Å². The zero-order chi connectivity index (χ0) is 20.1. The van der Waals surface area contributed by atoms with Gasteiger partial charge in [0.1, 0.15) is 11.6 Å². The van der Waals surface area contributed by atoms with Crippen LogP contribution in [0.5, 0.6) is 5.75 Å². The number of hydrogen-bond acceptors (Lipinski definition) is 6. The van der Waals surface area contributed by atoms with Crippen molar-refractivity contribution in [1.29, 1.82) is 0 Å². The molecular weight excluding hydrogens is 378 g/mol. The highest BCUT2D eigenvalue weighted by Crippen LogP contribution is 2.20. The fourth-order valence-corrected chi connectivity index (χ4v) is 3.65. The first-order valence-corrected chi connectivity index (χ1v) is 10.0. The normalized spacial score (nSPS) is 11.2. The molecule has 0 radical (unpaired) electrons. The summed E-state index contributed by atoms with van der Waals surface area (Å²) in [5.41, 5.74) is 0.196. The molecule has 0 saturated heterocycles. The maximum atomic E-state index is 12.7. The number of nitrogens with zero attached hydrogens (tertiary/aromatic N) is 2. The van der Waals surface area contributed by atoms with Gasteiger partial charge in [-0.25, -0.2) is 18.4 Å². The van der Waals surface area contributed by atoms with Crippen LogP contribution >= 0.6 is 0 Å². The zero-order valence-corrected chi connectivity index (χ0v) is 16.2. The fourth-order valence-electron chi connectivity index (χ4n) is 2.42. The number of sulfone groups is 1. The standard InChI is InChI=1S/C20H19N3O4S/c1-14(2)27-16-9-10-18(22-13-16)23-20(24)15-6-5-7-17(12-15)28(25,26)19-8-3-4-11-21-19/h3-14H,1-2H3,(H,22,23,24). The molecule has 3 rings (SSSR count). The molecule has 0 bridgehead atoms. The van der Waals surface area contributed by atoms with Crippen molar-refractivity contribution in [3.8, 4) is 5.75 Å². The number of rotatable bonds is 6. The number of carbonyl (C=O) groups is 1. The molecule has 8 heteroatoms. The zero-order valence-electron chi connectivity index (χ0n) is 15.4. The molecule has 0 saturated carbocycles. The minimum atomic E-state index is -3.81. The van der Waals surface area contributed by atoms with Gasteiger partial charge in [-0.3, -0.25) is 4.79 Å². The summed E-state index contributed by atoms with van der Waals surface area (Å²) < 4.78 is 30.9. The first kappa shape index (κ1) is 19.5. The average Bonchev–Trinajstić information content (AvgIpc) is 2.70. The molecule has 2 aromatic heterocycles. The number of anilines is 1. The summed E-state index contributed by atoms with van der Waals surface area (Å²) in [4.78, 5) is 20.5. The highest BCUT2D eigenvalue weighted by Gasteiger charge is 2.20. The largest absolute Gasteiger partial charge is 0.489 e. The van der Waals surface area contributed by atoms with E-state index in [4.69, 9.17) is 4.74 Å². The molecule has 0 fully saturated rings. The van der Waals surface area contributed by atoms with Crippen LogP contribution in [-0.4, -0.2) is 30.4 Å². The van der Waals surface area contributed by atoms with Gasteiger partial charge in [-0.15, -0.1) is 0 Å². The second-order valence-electron chi connectivity index (χ2n) is 6.20. The Labute approximate surface area is 163 Å². The van der Waals surface area contributed by atoms with Gasteiger partial charge in [-0.05, 0) is 56.3 Å². The van der Waals surface area contributed by atoms with Crippen molar-refractivity contribution >= 4 is 21.6 Å². The maximum absolute atomic E-state index is 12.7. The highest BCUT2D eigenvalue weighted by atomic mass is 32.2. The van der Waals surface area contributed by atoms with Crippen LogP contribution in [0.1, 0.15) is 24.2 Å². The van der Waals surface area contributed by atoms with Crippen LogP contribution in [0.25, 0.3) is 0 Å². The molecular formula is C20H19N3O4S. The minimum absolute atomic E-state index is 0.00695. The lowest BCUT2D eigenvalue weighted by molar-refractivity contribution is 0.102. The molecule has 1 N–H and O–H groups in total. The van der Waals surface area contributed by atoms with E-state index in [1.165, 1.54) is 42.7 Å². The highest BCUT2D eigenvalue weighted by molar-refractivity contribution is 7.91. The Balaban J connectivity index is 1.79. The van der Waals surface area contributed by atoms with Gasteiger partial charge in [0, 0.05) is 11.8 Å². The van der Waals surface area contributed by atoms with Crippen molar-refractivity contribution < 1.29 is 17.9 Å². The van der Waals surface area contributed by atoms with E-state index in [0.717, 1.165) is 0 Å². The monoisotopic (exact) mass is 397 g/mol. The van der Waals surface area contributed by atoms with Crippen molar-refractivity contribution in [2.45, 2.75) is 29.9 Å². The third-order valence-electron chi connectivity index (χ3n) is 3.67. The van der Waals surface area contributed by atoms with E-state index in [0.29, 0.717) is 11.6 Å². The molecule has 2 heterocycles. The quantitative estimate of drug-likeness (QED) is 0.685. The van der Waals surface area contributed by atoms with Crippen LogP contribution in [0.4, 0.5) is 5.82 Å². The van der Waals surface area contributed by atoms with Gasteiger partial charge < -0.3 is 10.1 Å². The number of hydrogen-bond donors (Lipinski definition) is 1. The molecule has 0 unspecified atom stereocenters. The molecule has 0 aliphatic heterocycles. The van der Waals surface area contributed by atoms with Gasteiger partial charge >= 0.3 is 0 Å². The Bertz CT molecular complexity index is 1070. The average molecular weight is 397 g/mol. The van der Waals surface area contributed by atoms with E-state index in [1.807, 2.05) is 13.8 Å². The lowest BCUT2D eigenvalue weighted by Crippen LogP contribution is -2.14. The third-order valence-corrected chi connectivity index (χ3v) is 5.34. The Morgan fingerprint density at radius 1 is 1.04 bits per heavy atom. The molecule has 7 nitrogen and oxygen atoms in total. The van der Waals surface area contributed by atoms with E-state index in [2.05, 4.69) is 15.3 Å². The van der Waals surface area contributed by atoms with Crippen LogP contribution in [0.15, 0.2) is 76.9 Å².